The molecule has 2 saturated heterocycles. The highest BCUT2D eigenvalue weighted by Gasteiger charge is 2.36. The number of ether oxygens (including phenoxy) is 1. The molecule has 2 fully saturated rings. The van der Waals surface area contributed by atoms with E-state index in [0.29, 0.717) is 18.8 Å². The lowest BCUT2D eigenvalue weighted by molar-refractivity contribution is -0.0521. The van der Waals surface area contributed by atoms with Gasteiger partial charge in [0.15, 0.2) is 0 Å². The third-order valence-electron chi connectivity index (χ3n) is 4.32. The maximum Gasteiger partial charge on any atom is 0.0707 e. The number of hydrogen-bond acceptors (Lipinski definition) is 3. The number of nitrogens with zero attached hydrogens (tertiary/aromatic N) is 1. The topological polar surface area (TPSA) is 38.5 Å². The summed E-state index contributed by atoms with van der Waals surface area (Å²) in [6, 6.07) is 6.54. The van der Waals surface area contributed by atoms with Crippen molar-refractivity contribution in [2.75, 3.05) is 19.6 Å². The number of likely N-dealkylation sites (tertiary alicyclic amines) is 1. The molecule has 104 valence electrons. The molecule has 2 heterocycles. The summed E-state index contributed by atoms with van der Waals surface area (Å²) in [6.07, 6.45) is 3.17. The third-order valence-corrected chi connectivity index (χ3v) is 4.72. The van der Waals surface area contributed by atoms with Crippen molar-refractivity contribution in [2.45, 2.75) is 38.0 Å². The van der Waals surface area contributed by atoms with Gasteiger partial charge in [-0.15, -0.1) is 0 Å². The molecule has 0 spiro atoms. The molecule has 0 saturated carbocycles. The summed E-state index contributed by atoms with van der Waals surface area (Å²) in [7, 11) is 0. The van der Waals surface area contributed by atoms with Gasteiger partial charge in [0, 0.05) is 30.7 Å². The first-order valence-electron chi connectivity index (χ1n) is 7.03. The van der Waals surface area contributed by atoms with Gasteiger partial charge >= 0.3 is 0 Å². The van der Waals surface area contributed by atoms with Gasteiger partial charge in [-0.3, -0.25) is 4.90 Å². The fraction of sp³-hybridized carbons (Fsp3) is 0.600. The SMILES string of the molecule is Cc1ccc(C(CN)N2CC3CCC(C2)O3)cc1Cl. The van der Waals surface area contributed by atoms with Gasteiger partial charge < -0.3 is 10.5 Å². The molecular formula is C15H21ClN2O. The van der Waals surface area contributed by atoms with Crippen LogP contribution in [0.25, 0.3) is 0 Å². The van der Waals surface area contributed by atoms with Crippen LogP contribution in [-0.2, 0) is 4.74 Å². The van der Waals surface area contributed by atoms with Gasteiger partial charge in [-0.25, -0.2) is 0 Å². The van der Waals surface area contributed by atoms with Crippen molar-refractivity contribution >= 4 is 11.6 Å². The number of hydrogen-bond donors (Lipinski definition) is 1. The molecule has 0 aliphatic carbocycles. The van der Waals surface area contributed by atoms with Crippen LogP contribution in [0.3, 0.4) is 0 Å². The van der Waals surface area contributed by atoms with Crippen molar-refractivity contribution in [2.24, 2.45) is 5.73 Å². The minimum Gasteiger partial charge on any atom is -0.372 e. The fourth-order valence-corrected chi connectivity index (χ4v) is 3.40. The lowest BCUT2D eigenvalue weighted by atomic mass is 10.0. The lowest BCUT2D eigenvalue weighted by Gasteiger charge is -2.37. The van der Waals surface area contributed by atoms with E-state index in [1.165, 1.54) is 18.4 Å². The zero-order valence-corrected chi connectivity index (χ0v) is 12.1. The molecular weight excluding hydrogens is 260 g/mol. The largest absolute Gasteiger partial charge is 0.372 e. The Morgan fingerprint density at radius 3 is 2.63 bits per heavy atom. The second-order valence-electron chi connectivity index (χ2n) is 5.67. The summed E-state index contributed by atoms with van der Waals surface area (Å²) in [5.74, 6) is 0. The fourth-order valence-electron chi connectivity index (χ4n) is 3.21. The molecule has 3 atom stereocenters. The Kier molecular flexibility index (Phi) is 3.81. The summed E-state index contributed by atoms with van der Waals surface area (Å²) in [4.78, 5) is 2.47. The normalized spacial score (nSPS) is 28.6. The number of rotatable bonds is 3. The highest BCUT2D eigenvalue weighted by Crippen LogP contribution is 2.32. The molecule has 2 N–H and O–H groups in total. The molecule has 1 aromatic rings. The summed E-state index contributed by atoms with van der Waals surface area (Å²) in [5.41, 5.74) is 8.35. The number of fused-ring (bicyclic) bond motifs is 2. The van der Waals surface area contributed by atoms with E-state index in [-0.39, 0.29) is 6.04 Å². The summed E-state index contributed by atoms with van der Waals surface area (Å²) in [5, 5.41) is 0.826. The van der Waals surface area contributed by atoms with Gasteiger partial charge in [0.05, 0.1) is 12.2 Å². The number of aryl methyl sites for hydroxylation is 1. The Labute approximate surface area is 119 Å². The monoisotopic (exact) mass is 280 g/mol. The standard InChI is InChI=1S/C15H21ClN2O/c1-10-2-3-11(6-14(10)16)15(7-17)18-8-12-4-5-13(9-18)19-12/h2-3,6,12-13,15H,4-5,7-9,17H2,1H3. The zero-order valence-electron chi connectivity index (χ0n) is 11.3. The molecule has 19 heavy (non-hydrogen) atoms. The third kappa shape index (κ3) is 2.65. The van der Waals surface area contributed by atoms with Crippen LogP contribution in [0.1, 0.15) is 30.0 Å². The van der Waals surface area contributed by atoms with Gasteiger partial charge in [-0.05, 0) is 37.0 Å². The second kappa shape index (κ2) is 5.41. The molecule has 3 unspecified atom stereocenters. The van der Waals surface area contributed by atoms with Crippen molar-refractivity contribution in [1.29, 1.82) is 0 Å². The number of benzene rings is 1. The molecule has 0 amide bonds. The molecule has 4 heteroatoms. The molecule has 0 aromatic heterocycles. The van der Waals surface area contributed by atoms with Crippen LogP contribution in [0.5, 0.6) is 0 Å². The highest BCUT2D eigenvalue weighted by molar-refractivity contribution is 6.31. The predicted molar refractivity (Wildman–Crippen MR) is 77.5 cm³/mol. The van der Waals surface area contributed by atoms with Gasteiger partial charge in [0.25, 0.3) is 0 Å². The molecule has 3 nitrogen and oxygen atoms in total. The van der Waals surface area contributed by atoms with E-state index < -0.39 is 0 Å². The van der Waals surface area contributed by atoms with Crippen LogP contribution in [0.2, 0.25) is 5.02 Å². The smallest absolute Gasteiger partial charge is 0.0707 e. The van der Waals surface area contributed by atoms with Gasteiger partial charge in [0.1, 0.15) is 0 Å². The van der Waals surface area contributed by atoms with Crippen LogP contribution >= 0.6 is 11.6 Å². The predicted octanol–water partition coefficient (Wildman–Crippen LogP) is 2.51. The highest BCUT2D eigenvalue weighted by atomic mass is 35.5. The number of morpholine rings is 1. The lowest BCUT2D eigenvalue weighted by Crippen LogP contribution is -2.46. The van der Waals surface area contributed by atoms with Crippen LogP contribution < -0.4 is 5.73 Å². The van der Waals surface area contributed by atoms with Crippen LogP contribution in [0, 0.1) is 6.92 Å². The van der Waals surface area contributed by atoms with Gasteiger partial charge in [-0.1, -0.05) is 23.7 Å². The summed E-state index contributed by atoms with van der Waals surface area (Å²) in [6.45, 7) is 4.63. The average molecular weight is 281 g/mol. The Morgan fingerprint density at radius 2 is 2.05 bits per heavy atom. The first kappa shape index (κ1) is 13.4. The Bertz CT molecular complexity index is 453. The molecule has 2 bridgehead atoms. The van der Waals surface area contributed by atoms with Crippen molar-refractivity contribution in [1.82, 2.24) is 4.90 Å². The van der Waals surface area contributed by atoms with E-state index in [2.05, 4.69) is 23.1 Å². The molecule has 2 aliphatic rings. The van der Waals surface area contributed by atoms with E-state index >= 15 is 0 Å². The van der Waals surface area contributed by atoms with Crippen LogP contribution in [-0.4, -0.2) is 36.7 Å². The summed E-state index contributed by atoms with van der Waals surface area (Å²) < 4.78 is 5.89. The quantitative estimate of drug-likeness (QED) is 0.925. The zero-order chi connectivity index (χ0) is 13.4. The van der Waals surface area contributed by atoms with E-state index in [9.17, 15) is 0 Å². The van der Waals surface area contributed by atoms with Crippen molar-refractivity contribution < 1.29 is 4.74 Å². The molecule has 1 aromatic carbocycles. The van der Waals surface area contributed by atoms with Crippen molar-refractivity contribution in [3.8, 4) is 0 Å². The van der Waals surface area contributed by atoms with Gasteiger partial charge in [-0.2, -0.15) is 0 Å². The Balaban J connectivity index is 1.81. The number of nitrogens with two attached hydrogens (primary N) is 1. The maximum atomic E-state index is 6.24. The maximum absolute atomic E-state index is 6.24. The average Bonchev–Trinajstić information content (AvgIpc) is 2.74. The van der Waals surface area contributed by atoms with E-state index in [1.54, 1.807) is 0 Å². The van der Waals surface area contributed by atoms with E-state index in [4.69, 9.17) is 22.1 Å². The van der Waals surface area contributed by atoms with E-state index in [0.717, 1.165) is 23.7 Å². The Morgan fingerprint density at radius 1 is 1.37 bits per heavy atom. The van der Waals surface area contributed by atoms with Crippen molar-refractivity contribution in [3.05, 3.63) is 34.3 Å². The van der Waals surface area contributed by atoms with E-state index in [1.807, 2.05) is 6.92 Å². The van der Waals surface area contributed by atoms with Crippen molar-refractivity contribution in [3.63, 3.8) is 0 Å². The minimum absolute atomic E-state index is 0.255. The first-order valence-corrected chi connectivity index (χ1v) is 7.41. The van der Waals surface area contributed by atoms with Crippen LogP contribution in [0.15, 0.2) is 18.2 Å². The first-order chi connectivity index (χ1) is 9.17. The van der Waals surface area contributed by atoms with Crippen LogP contribution in [0.4, 0.5) is 0 Å². The minimum atomic E-state index is 0.255. The summed E-state index contributed by atoms with van der Waals surface area (Å²) >= 11 is 6.24. The Hall–Kier alpha value is -0.610. The molecule has 2 aliphatic heterocycles. The van der Waals surface area contributed by atoms with Gasteiger partial charge in [0.2, 0.25) is 0 Å². The molecule has 3 rings (SSSR count). The molecule has 0 radical (unpaired) electrons. The second-order valence-corrected chi connectivity index (χ2v) is 6.08. The number of halogens is 1.